The van der Waals surface area contributed by atoms with Gasteiger partial charge in [-0.3, -0.25) is 4.79 Å². The summed E-state index contributed by atoms with van der Waals surface area (Å²) in [6, 6.07) is 2.46. The Hall–Kier alpha value is -1.50. The predicted molar refractivity (Wildman–Crippen MR) is 76.4 cm³/mol. The molecule has 0 aliphatic heterocycles. The van der Waals surface area contributed by atoms with E-state index < -0.39 is 29.2 Å². The van der Waals surface area contributed by atoms with E-state index in [1.54, 1.807) is 0 Å². The normalized spacial score (nSPS) is 25.0. The fourth-order valence-electron chi connectivity index (χ4n) is 2.29. The minimum absolute atomic E-state index is 0.0533. The van der Waals surface area contributed by atoms with Crippen LogP contribution in [-0.2, 0) is 16.4 Å². The molecule has 2 unspecified atom stereocenters. The number of carbonyl (C=O) groups is 1. The van der Waals surface area contributed by atoms with Crippen LogP contribution in [0.2, 0.25) is 5.02 Å². The number of amides is 1. The molecule has 0 aromatic heterocycles. The summed E-state index contributed by atoms with van der Waals surface area (Å²) in [6.45, 7) is 0. The average molecular weight is 352 g/mol. The Bertz CT molecular complexity index is 685. The number of halogens is 5. The number of nitrogens with two attached hydrogens (primary N) is 1. The average Bonchev–Trinajstić information content (AvgIpc) is 2.40. The van der Waals surface area contributed by atoms with Crippen molar-refractivity contribution in [3.63, 3.8) is 0 Å². The van der Waals surface area contributed by atoms with Crippen molar-refractivity contribution in [2.75, 3.05) is 0 Å². The Labute approximate surface area is 133 Å². The van der Waals surface area contributed by atoms with Crippen molar-refractivity contribution in [2.45, 2.75) is 17.7 Å². The van der Waals surface area contributed by atoms with Crippen LogP contribution in [0.1, 0.15) is 11.1 Å². The molecule has 1 aliphatic carbocycles. The molecule has 0 fully saturated rings. The fourth-order valence-corrected chi connectivity index (χ4v) is 2.81. The lowest BCUT2D eigenvalue weighted by atomic mass is 9.72. The molecule has 2 atom stereocenters. The topological polar surface area (TPSA) is 63.3 Å². The van der Waals surface area contributed by atoms with Crippen LogP contribution in [0.25, 0.3) is 0 Å². The zero-order valence-corrected chi connectivity index (χ0v) is 12.4. The van der Waals surface area contributed by atoms with Crippen LogP contribution in [0.4, 0.5) is 13.2 Å². The first-order valence-electron chi connectivity index (χ1n) is 6.01. The van der Waals surface area contributed by atoms with Gasteiger partial charge in [-0.15, -0.1) is 0 Å². The number of aliphatic hydroxyl groups excluding tert-OH is 1. The fraction of sp³-hybridized carbons (Fsp3) is 0.214. The van der Waals surface area contributed by atoms with Gasteiger partial charge in [-0.1, -0.05) is 29.3 Å². The molecule has 2 rings (SSSR count). The van der Waals surface area contributed by atoms with Gasteiger partial charge >= 0.3 is 6.18 Å². The molecule has 0 radical (unpaired) electrons. The number of allylic oxidation sites excluding steroid dienone is 2. The third kappa shape index (κ3) is 2.74. The van der Waals surface area contributed by atoms with Gasteiger partial charge in [0.25, 0.3) is 0 Å². The van der Waals surface area contributed by atoms with Gasteiger partial charge in [0.1, 0.15) is 5.41 Å². The lowest BCUT2D eigenvalue weighted by Gasteiger charge is -2.34. The van der Waals surface area contributed by atoms with E-state index in [0.29, 0.717) is 6.07 Å². The molecule has 1 aromatic rings. The predicted octanol–water partition coefficient (Wildman–Crippen LogP) is 3.14. The van der Waals surface area contributed by atoms with Gasteiger partial charge in [-0.2, -0.15) is 13.2 Å². The molecule has 3 N–H and O–H groups in total. The minimum Gasteiger partial charge on any atom is -0.387 e. The second-order valence-corrected chi connectivity index (χ2v) is 5.60. The smallest absolute Gasteiger partial charge is 0.387 e. The molecule has 1 amide bonds. The maximum Gasteiger partial charge on any atom is 0.416 e. The van der Waals surface area contributed by atoms with Crippen LogP contribution in [0, 0.1) is 0 Å². The van der Waals surface area contributed by atoms with E-state index in [1.807, 2.05) is 0 Å². The van der Waals surface area contributed by atoms with Crippen molar-refractivity contribution in [2.24, 2.45) is 5.73 Å². The molecule has 0 heterocycles. The molecule has 0 bridgehead atoms. The molecule has 22 heavy (non-hydrogen) atoms. The van der Waals surface area contributed by atoms with Gasteiger partial charge in [0, 0.05) is 10.1 Å². The molecular weight excluding hydrogens is 342 g/mol. The largest absolute Gasteiger partial charge is 0.416 e. The molecule has 1 aromatic carbocycles. The first-order valence-corrected chi connectivity index (χ1v) is 6.76. The van der Waals surface area contributed by atoms with Crippen molar-refractivity contribution in [1.29, 1.82) is 0 Å². The third-order valence-corrected chi connectivity index (χ3v) is 3.98. The number of hydrogen-bond donors (Lipinski definition) is 2. The highest BCUT2D eigenvalue weighted by atomic mass is 35.5. The Morgan fingerprint density at radius 3 is 2.50 bits per heavy atom. The third-order valence-electron chi connectivity index (χ3n) is 3.42. The van der Waals surface area contributed by atoms with E-state index in [0.717, 1.165) is 18.2 Å². The molecule has 118 valence electrons. The zero-order chi connectivity index (χ0) is 16.7. The molecule has 0 saturated carbocycles. The SMILES string of the molecule is NC(=O)C1(c2cc(C(F)(F)F)ccc2Cl)C=C(Cl)C=CC1O. The van der Waals surface area contributed by atoms with Crippen LogP contribution in [0.15, 0.2) is 41.5 Å². The van der Waals surface area contributed by atoms with Crippen LogP contribution < -0.4 is 5.73 Å². The van der Waals surface area contributed by atoms with Crippen molar-refractivity contribution in [3.05, 3.63) is 57.6 Å². The van der Waals surface area contributed by atoms with Gasteiger partial charge in [0.2, 0.25) is 5.91 Å². The van der Waals surface area contributed by atoms with Gasteiger partial charge in [-0.05, 0) is 35.9 Å². The first-order chi connectivity index (χ1) is 10.1. The summed E-state index contributed by atoms with van der Waals surface area (Å²) in [5.41, 5.74) is 2.10. The summed E-state index contributed by atoms with van der Waals surface area (Å²) in [5.74, 6) is -1.07. The summed E-state index contributed by atoms with van der Waals surface area (Å²) in [5, 5.41) is 10.1. The van der Waals surface area contributed by atoms with Crippen LogP contribution in [0.5, 0.6) is 0 Å². The molecule has 0 spiro atoms. The van der Waals surface area contributed by atoms with E-state index in [-0.39, 0.29) is 15.6 Å². The minimum atomic E-state index is -4.64. The number of aliphatic hydroxyl groups is 1. The van der Waals surface area contributed by atoms with Gasteiger partial charge < -0.3 is 10.8 Å². The molecule has 3 nitrogen and oxygen atoms in total. The Morgan fingerprint density at radius 1 is 1.32 bits per heavy atom. The second kappa shape index (κ2) is 5.61. The van der Waals surface area contributed by atoms with Crippen LogP contribution >= 0.6 is 23.2 Å². The summed E-state index contributed by atoms with van der Waals surface area (Å²) in [4.78, 5) is 11.9. The lowest BCUT2D eigenvalue weighted by molar-refractivity contribution is -0.138. The highest BCUT2D eigenvalue weighted by molar-refractivity contribution is 6.33. The van der Waals surface area contributed by atoms with E-state index in [4.69, 9.17) is 28.9 Å². The zero-order valence-electron chi connectivity index (χ0n) is 10.9. The van der Waals surface area contributed by atoms with E-state index in [2.05, 4.69) is 0 Å². The maximum absolute atomic E-state index is 12.9. The lowest BCUT2D eigenvalue weighted by Crippen LogP contribution is -2.49. The Balaban J connectivity index is 2.75. The van der Waals surface area contributed by atoms with E-state index in [1.165, 1.54) is 12.2 Å². The van der Waals surface area contributed by atoms with Gasteiger partial charge in [0.15, 0.2) is 0 Å². The number of rotatable bonds is 2. The highest BCUT2D eigenvalue weighted by Gasteiger charge is 2.46. The highest BCUT2D eigenvalue weighted by Crippen LogP contribution is 2.42. The van der Waals surface area contributed by atoms with E-state index in [9.17, 15) is 23.1 Å². The Morgan fingerprint density at radius 2 is 1.95 bits per heavy atom. The number of benzene rings is 1. The van der Waals surface area contributed by atoms with E-state index >= 15 is 0 Å². The van der Waals surface area contributed by atoms with Crippen LogP contribution in [0.3, 0.4) is 0 Å². The summed E-state index contributed by atoms with van der Waals surface area (Å²) in [6.07, 6.45) is -2.55. The molecular formula is C14H10Cl2F3NO2. The summed E-state index contributed by atoms with van der Waals surface area (Å²) >= 11 is 11.8. The maximum atomic E-state index is 12.9. The van der Waals surface area contributed by atoms with Gasteiger partial charge in [0.05, 0.1) is 11.7 Å². The molecule has 0 saturated heterocycles. The molecule has 8 heteroatoms. The molecule has 1 aliphatic rings. The van der Waals surface area contributed by atoms with Crippen LogP contribution in [-0.4, -0.2) is 17.1 Å². The quantitative estimate of drug-likeness (QED) is 0.859. The van der Waals surface area contributed by atoms with Gasteiger partial charge in [-0.25, -0.2) is 0 Å². The number of primary amides is 1. The van der Waals surface area contributed by atoms with Crippen molar-refractivity contribution < 1.29 is 23.1 Å². The van der Waals surface area contributed by atoms with Crippen molar-refractivity contribution >= 4 is 29.1 Å². The summed E-state index contributed by atoms with van der Waals surface area (Å²) < 4.78 is 38.7. The number of carbonyl (C=O) groups excluding carboxylic acids is 1. The second-order valence-electron chi connectivity index (χ2n) is 4.76. The monoisotopic (exact) mass is 351 g/mol. The number of alkyl halides is 3. The van der Waals surface area contributed by atoms with Crippen molar-refractivity contribution in [1.82, 2.24) is 0 Å². The Kier molecular flexibility index (Phi) is 4.30. The van der Waals surface area contributed by atoms with Crippen molar-refractivity contribution in [3.8, 4) is 0 Å². The summed E-state index contributed by atoms with van der Waals surface area (Å²) in [7, 11) is 0. The number of hydrogen-bond acceptors (Lipinski definition) is 2. The first kappa shape index (κ1) is 16.9. The standard InChI is InChI=1S/C14H10Cl2F3NO2/c15-8-2-4-11(21)13(6-8,12(20)22)9-5-7(14(17,18)19)1-3-10(9)16/h1-6,11,21H,(H2,20,22).